The van der Waals surface area contributed by atoms with E-state index in [0.717, 1.165) is 0 Å². The Hall–Kier alpha value is -2.22. The van der Waals surface area contributed by atoms with Gasteiger partial charge in [0.1, 0.15) is 11.7 Å². The molecule has 1 unspecified atom stereocenters. The molecule has 1 atom stereocenters. The predicted octanol–water partition coefficient (Wildman–Crippen LogP) is -0.887. The van der Waals surface area contributed by atoms with Gasteiger partial charge in [0.05, 0.1) is 12.4 Å². The molecule has 102 valence electrons. The van der Waals surface area contributed by atoms with Gasteiger partial charge in [-0.3, -0.25) is 14.6 Å². The van der Waals surface area contributed by atoms with Gasteiger partial charge in [-0.2, -0.15) is 0 Å². The fourth-order valence-electron chi connectivity index (χ4n) is 2.05. The van der Waals surface area contributed by atoms with Crippen LogP contribution >= 0.6 is 0 Å². The van der Waals surface area contributed by atoms with E-state index in [0.29, 0.717) is 25.3 Å². The Morgan fingerprint density at radius 3 is 3.11 bits per heavy atom. The minimum atomic E-state index is -0.461. The lowest BCUT2D eigenvalue weighted by atomic mass is 10.1. The summed E-state index contributed by atoms with van der Waals surface area (Å²) in [6.07, 6.45) is 3.33. The number of aromatic nitrogens is 2. The van der Waals surface area contributed by atoms with Crippen LogP contribution in [0.2, 0.25) is 0 Å². The van der Waals surface area contributed by atoms with Gasteiger partial charge in [0.2, 0.25) is 5.91 Å². The summed E-state index contributed by atoms with van der Waals surface area (Å²) in [7, 11) is 0. The summed E-state index contributed by atoms with van der Waals surface area (Å²) >= 11 is 0. The summed E-state index contributed by atoms with van der Waals surface area (Å²) in [4.78, 5) is 33.5. The molecule has 1 saturated heterocycles. The van der Waals surface area contributed by atoms with Crippen LogP contribution in [0, 0.1) is 0 Å². The van der Waals surface area contributed by atoms with Crippen LogP contribution in [0.25, 0.3) is 0 Å². The summed E-state index contributed by atoms with van der Waals surface area (Å²) in [6, 6.07) is -0.461. The number of hydrogen-bond acceptors (Lipinski definition) is 6. The lowest BCUT2D eigenvalue weighted by Gasteiger charge is -2.34. The summed E-state index contributed by atoms with van der Waals surface area (Å²) in [6.45, 7) is 2.77. The van der Waals surface area contributed by atoms with E-state index in [1.54, 1.807) is 0 Å². The normalized spacial score (nSPS) is 18.9. The zero-order valence-corrected chi connectivity index (χ0v) is 10.6. The fraction of sp³-hybridized carbons (Fsp3) is 0.455. The number of hydrazine groups is 1. The molecule has 1 aliphatic rings. The molecule has 0 bridgehead atoms. The van der Waals surface area contributed by atoms with Crippen LogP contribution in [-0.4, -0.2) is 45.8 Å². The van der Waals surface area contributed by atoms with E-state index in [-0.39, 0.29) is 17.5 Å². The summed E-state index contributed by atoms with van der Waals surface area (Å²) in [5, 5.41) is 2.74. The van der Waals surface area contributed by atoms with Crippen molar-refractivity contribution in [1.82, 2.24) is 20.2 Å². The van der Waals surface area contributed by atoms with Crippen LogP contribution in [-0.2, 0) is 4.79 Å². The molecule has 8 nitrogen and oxygen atoms in total. The van der Waals surface area contributed by atoms with Crippen LogP contribution in [0.15, 0.2) is 12.4 Å². The number of amides is 2. The highest BCUT2D eigenvalue weighted by atomic mass is 16.2. The number of carbonyl (C=O) groups excluding carboxylic acids is 2. The van der Waals surface area contributed by atoms with Crippen LogP contribution in [0.3, 0.4) is 0 Å². The van der Waals surface area contributed by atoms with Crippen molar-refractivity contribution in [3.05, 3.63) is 18.1 Å². The summed E-state index contributed by atoms with van der Waals surface area (Å²) in [5.74, 6) is 5.09. The Morgan fingerprint density at radius 2 is 2.42 bits per heavy atom. The number of rotatable bonds is 3. The number of carbonyl (C=O) groups is 2. The molecule has 1 aromatic rings. The molecule has 4 N–H and O–H groups in total. The van der Waals surface area contributed by atoms with Crippen molar-refractivity contribution in [3.63, 3.8) is 0 Å². The molecule has 1 aromatic heterocycles. The lowest BCUT2D eigenvalue weighted by molar-refractivity contribution is -0.127. The minimum absolute atomic E-state index is 0.136. The lowest BCUT2D eigenvalue weighted by Crippen LogP contribution is -2.57. The molecule has 1 aliphatic heterocycles. The molecule has 2 heterocycles. The number of nitrogens with one attached hydrogen (secondary N) is 2. The second kappa shape index (κ2) is 5.61. The van der Waals surface area contributed by atoms with Gasteiger partial charge in [0, 0.05) is 13.1 Å². The van der Waals surface area contributed by atoms with Crippen LogP contribution < -0.4 is 16.6 Å². The second-order valence-electron chi connectivity index (χ2n) is 4.15. The number of nitrogen functional groups attached to an aromatic ring is 1. The zero-order chi connectivity index (χ0) is 13.8. The Labute approximate surface area is 110 Å². The van der Waals surface area contributed by atoms with Gasteiger partial charge in [0.15, 0.2) is 5.82 Å². The van der Waals surface area contributed by atoms with Crippen molar-refractivity contribution in [2.45, 2.75) is 19.4 Å². The van der Waals surface area contributed by atoms with Crippen LogP contribution in [0.5, 0.6) is 0 Å². The number of hydrogen-bond donors (Lipinski definition) is 3. The van der Waals surface area contributed by atoms with E-state index in [4.69, 9.17) is 5.84 Å². The maximum Gasteiger partial charge on any atom is 0.274 e. The fourth-order valence-corrected chi connectivity index (χ4v) is 2.05. The molecular weight excluding hydrogens is 248 g/mol. The smallest absolute Gasteiger partial charge is 0.274 e. The topological polar surface area (TPSA) is 113 Å². The first-order valence-electron chi connectivity index (χ1n) is 6.04. The van der Waals surface area contributed by atoms with E-state index in [2.05, 4.69) is 20.7 Å². The highest BCUT2D eigenvalue weighted by molar-refractivity contribution is 5.96. The Bertz CT molecular complexity index is 492. The van der Waals surface area contributed by atoms with Gasteiger partial charge in [-0.15, -0.1) is 0 Å². The third-order valence-electron chi connectivity index (χ3n) is 2.98. The van der Waals surface area contributed by atoms with Gasteiger partial charge < -0.3 is 15.6 Å². The molecule has 1 fully saturated rings. The van der Waals surface area contributed by atoms with Gasteiger partial charge in [-0.1, -0.05) is 6.92 Å². The van der Waals surface area contributed by atoms with E-state index in [1.807, 2.05) is 6.92 Å². The Kier molecular flexibility index (Phi) is 3.91. The first kappa shape index (κ1) is 13.2. The molecule has 0 radical (unpaired) electrons. The van der Waals surface area contributed by atoms with Crippen molar-refractivity contribution in [3.8, 4) is 0 Å². The number of nitrogens with two attached hydrogens (primary N) is 1. The average molecular weight is 264 g/mol. The maximum absolute atomic E-state index is 12.4. The minimum Gasteiger partial charge on any atom is -0.353 e. The van der Waals surface area contributed by atoms with Crippen molar-refractivity contribution >= 4 is 17.6 Å². The van der Waals surface area contributed by atoms with E-state index in [9.17, 15) is 9.59 Å². The zero-order valence-electron chi connectivity index (χ0n) is 10.6. The third-order valence-corrected chi connectivity index (χ3v) is 2.98. The quantitative estimate of drug-likeness (QED) is 0.482. The molecule has 19 heavy (non-hydrogen) atoms. The molecular formula is C11H16N6O2. The molecule has 2 amide bonds. The van der Waals surface area contributed by atoms with Gasteiger partial charge in [-0.05, 0) is 6.42 Å². The van der Waals surface area contributed by atoms with Gasteiger partial charge >= 0.3 is 0 Å². The van der Waals surface area contributed by atoms with Crippen LogP contribution in [0.1, 0.15) is 23.8 Å². The predicted molar refractivity (Wildman–Crippen MR) is 68.0 cm³/mol. The summed E-state index contributed by atoms with van der Waals surface area (Å²) < 4.78 is 0. The molecule has 0 saturated carbocycles. The van der Waals surface area contributed by atoms with Gasteiger partial charge in [-0.25, -0.2) is 10.8 Å². The molecule has 8 heteroatoms. The SMILES string of the molecule is CCC1C(=O)NCCN1C(=O)c1cncc(NN)n1. The first-order valence-corrected chi connectivity index (χ1v) is 6.04. The number of nitrogens with zero attached hydrogens (tertiary/aromatic N) is 3. The molecule has 0 spiro atoms. The van der Waals surface area contributed by atoms with Crippen molar-refractivity contribution < 1.29 is 9.59 Å². The number of anilines is 1. The first-order chi connectivity index (χ1) is 9.17. The molecule has 0 aromatic carbocycles. The van der Waals surface area contributed by atoms with Crippen LogP contribution in [0.4, 0.5) is 5.82 Å². The largest absolute Gasteiger partial charge is 0.353 e. The summed E-state index contributed by atoms with van der Waals surface area (Å²) in [5.41, 5.74) is 2.51. The van der Waals surface area contributed by atoms with Crippen molar-refractivity contribution in [1.29, 1.82) is 0 Å². The Morgan fingerprint density at radius 1 is 1.63 bits per heavy atom. The molecule has 2 rings (SSSR count). The maximum atomic E-state index is 12.4. The van der Waals surface area contributed by atoms with E-state index < -0.39 is 6.04 Å². The van der Waals surface area contributed by atoms with Crippen molar-refractivity contribution in [2.24, 2.45) is 5.84 Å². The van der Waals surface area contributed by atoms with E-state index in [1.165, 1.54) is 17.3 Å². The third kappa shape index (κ3) is 2.63. The average Bonchev–Trinajstić information content (AvgIpc) is 2.46. The second-order valence-corrected chi connectivity index (χ2v) is 4.15. The molecule has 0 aliphatic carbocycles. The monoisotopic (exact) mass is 264 g/mol. The Balaban J connectivity index is 2.24. The van der Waals surface area contributed by atoms with Crippen molar-refractivity contribution in [2.75, 3.05) is 18.5 Å². The van der Waals surface area contributed by atoms with E-state index >= 15 is 0 Å². The highest BCUT2D eigenvalue weighted by Crippen LogP contribution is 2.13. The highest BCUT2D eigenvalue weighted by Gasteiger charge is 2.32. The number of piperazine rings is 1. The van der Waals surface area contributed by atoms with Gasteiger partial charge in [0.25, 0.3) is 5.91 Å². The standard InChI is InChI=1S/C11H16N6O2/c1-2-8-10(18)14-3-4-17(8)11(19)7-5-13-6-9(15-7)16-12/h5-6,8H,2-4,12H2,1H3,(H,14,18)(H,15,16).